The van der Waals surface area contributed by atoms with Gasteiger partial charge in [-0.15, -0.1) is 0 Å². The normalized spacial score (nSPS) is 18.0. The van der Waals surface area contributed by atoms with Crippen LogP contribution in [-0.2, 0) is 13.5 Å². The summed E-state index contributed by atoms with van der Waals surface area (Å²) in [6.07, 6.45) is 9.84. The Morgan fingerprint density at radius 1 is 1.52 bits per heavy atom. The van der Waals surface area contributed by atoms with Gasteiger partial charge in [-0.25, -0.2) is 0 Å². The Balaban J connectivity index is 1.44. The summed E-state index contributed by atoms with van der Waals surface area (Å²) in [7, 11) is 1.91. The Morgan fingerprint density at radius 3 is 3.17 bits per heavy atom. The molecule has 0 radical (unpaired) electrons. The molecule has 7 nitrogen and oxygen atoms in total. The van der Waals surface area contributed by atoms with Crippen molar-refractivity contribution in [2.75, 3.05) is 19.6 Å². The first-order valence-electron chi connectivity index (χ1n) is 8.24. The molecule has 124 valence electrons. The van der Waals surface area contributed by atoms with Crippen LogP contribution in [0.2, 0.25) is 0 Å². The van der Waals surface area contributed by atoms with E-state index in [1.165, 1.54) is 5.56 Å². The van der Waals surface area contributed by atoms with Crippen molar-refractivity contribution in [2.45, 2.75) is 31.7 Å². The fraction of sp³-hybridized carbons (Fsp3) is 0.562. The predicted molar refractivity (Wildman–Crippen MR) is 87.2 cm³/mol. The van der Waals surface area contributed by atoms with Crippen LogP contribution in [0.3, 0.4) is 0 Å². The van der Waals surface area contributed by atoms with E-state index >= 15 is 0 Å². The third-order valence-electron chi connectivity index (χ3n) is 4.17. The number of rotatable bonds is 6. The summed E-state index contributed by atoms with van der Waals surface area (Å²) in [5, 5.41) is 14.9. The second-order valence-corrected chi connectivity index (χ2v) is 6.06. The molecule has 7 heteroatoms. The number of aromatic nitrogens is 4. The molecular weight excluding hydrogens is 292 g/mol. The highest BCUT2D eigenvalue weighted by Crippen LogP contribution is 2.15. The van der Waals surface area contributed by atoms with Gasteiger partial charge in [-0.3, -0.25) is 14.2 Å². The van der Waals surface area contributed by atoms with Gasteiger partial charge in [-0.1, -0.05) is 0 Å². The van der Waals surface area contributed by atoms with Gasteiger partial charge in [0.25, 0.3) is 5.91 Å². The number of carbonyl (C=O) groups excluding carboxylic acids is 1. The minimum absolute atomic E-state index is 0.0984. The van der Waals surface area contributed by atoms with E-state index in [1.807, 2.05) is 30.3 Å². The van der Waals surface area contributed by atoms with Crippen molar-refractivity contribution in [3.8, 4) is 0 Å². The quantitative estimate of drug-likeness (QED) is 0.777. The van der Waals surface area contributed by atoms with Crippen molar-refractivity contribution in [1.82, 2.24) is 30.2 Å². The molecule has 1 fully saturated rings. The minimum Gasteiger partial charge on any atom is -0.351 e. The molecule has 0 spiro atoms. The zero-order valence-corrected chi connectivity index (χ0v) is 13.5. The highest BCUT2D eigenvalue weighted by molar-refractivity contribution is 5.92. The lowest BCUT2D eigenvalue weighted by molar-refractivity contribution is 0.0947. The molecular formula is C16H24N6O. The maximum Gasteiger partial charge on any atom is 0.271 e. The third-order valence-corrected chi connectivity index (χ3v) is 4.17. The van der Waals surface area contributed by atoms with Crippen molar-refractivity contribution >= 4 is 5.91 Å². The largest absolute Gasteiger partial charge is 0.351 e. The van der Waals surface area contributed by atoms with Gasteiger partial charge >= 0.3 is 0 Å². The average molecular weight is 316 g/mol. The molecule has 0 saturated carbocycles. The van der Waals surface area contributed by atoms with Gasteiger partial charge < -0.3 is 10.6 Å². The third kappa shape index (κ3) is 4.19. The lowest BCUT2D eigenvalue weighted by Gasteiger charge is -2.22. The van der Waals surface area contributed by atoms with Crippen LogP contribution in [-0.4, -0.2) is 45.1 Å². The zero-order chi connectivity index (χ0) is 16.1. The molecule has 0 aliphatic carbocycles. The molecule has 3 heterocycles. The molecule has 1 saturated heterocycles. The van der Waals surface area contributed by atoms with Gasteiger partial charge in [0.1, 0.15) is 5.69 Å². The first-order chi connectivity index (χ1) is 11.2. The second kappa shape index (κ2) is 7.41. The predicted octanol–water partition coefficient (Wildman–Crippen LogP) is 0.904. The van der Waals surface area contributed by atoms with Crippen LogP contribution in [0.1, 0.15) is 41.4 Å². The van der Waals surface area contributed by atoms with Gasteiger partial charge in [0.15, 0.2) is 0 Å². The van der Waals surface area contributed by atoms with Crippen LogP contribution in [0, 0.1) is 0 Å². The highest BCUT2D eigenvalue weighted by atomic mass is 16.1. The Bertz CT molecular complexity index is 641. The van der Waals surface area contributed by atoms with Gasteiger partial charge in [0.2, 0.25) is 0 Å². The molecule has 2 aromatic rings. The molecule has 23 heavy (non-hydrogen) atoms. The highest BCUT2D eigenvalue weighted by Gasteiger charge is 2.17. The second-order valence-electron chi connectivity index (χ2n) is 6.06. The summed E-state index contributed by atoms with van der Waals surface area (Å²) in [5.74, 6) is -0.0984. The number of aryl methyl sites for hydroxylation is 2. The molecule has 2 aromatic heterocycles. The molecule has 1 aliphatic rings. The standard InChI is InChI=1S/C16H24N6O/c1-21-12-13(10-19-21)4-2-8-18-16(23)15-6-9-22(20-15)14-5-3-7-17-11-14/h6,9-10,12,14,17H,2-5,7-8,11H2,1H3,(H,18,23). The van der Waals surface area contributed by atoms with Gasteiger partial charge in [0, 0.05) is 32.5 Å². The zero-order valence-electron chi connectivity index (χ0n) is 13.5. The summed E-state index contributed by atoms with van der Waals surface area (Å²) in [4.78, 5) is 12.1. The van der Waals surface area contributed by atoms with E-state index in [4.69, 9.17) is 0 Å². The smallest absolute Gasteiger partial charge is 0.271 e. The molecule has 3 rings (SSSR count). The molecule has 1 atom stereocenters. The van der Waals surface area contributed by atoms with E-state index in [9.17, 15) is 4.79 Å². The summed E-state index contributed by atoms with van der Waals surface area (Å²) in [6.45, 7) is 2.64. The van der Waals surface area contributed by atoms with Crippen LogP contribution in [0.4, 0.5) is 0 Å². The number of hydrogen-bond acceptors (Lipinski definition) is 4. The van der Waals surface area contributed by atoms with Crippen LogP contribution in [0.25, 0.3) is 0 Å². The van der Waals surface area contributed by atoms with Crippen molar-refractivity contribution in [2.24, 2.45) is 7.05 Å². The van der Waals surface area contributed by atoms with Gasteiger partial charge in [-0.05, 0) is 43.9 Å². The summed E-state index contributed by atoms with van der Waals surface area (Å²) < 4.78 is 3.71. The van der Waals surface area contributed by atoms with Crippen molar-refractivity contribution in [1.29, 1.82) is 0 Å². The number of amides is 1. The molecule has 1 unspecified atom stereocenters. The molecule has 0 bridgehead atoms. The average Bonchev–Trinajstić information content (AvgIpc) is 3.21. The minimum atomic E-state index is -0.0984. The van der Waals surface area contributed by atoms with Crippen molar-refractivity contribution in [3.05, 3.63) is 35.9 Å². The summed E-state index contributed by atoms with van der Waals surface area (Å²) >= 11 is 0. The van der Waals surface area contributed by atoms with E-state index in [0.717, 1.165) is 38.8 Å². The summed E-state index contributed by atoms with van der Waals surface area (Å²) in [6, 6.07) is 2.15. The number of piperidine rings is 1. The van der Waals surface area contributed by atoms with Crippen molar-refractivity contribution < 1.29 is 4.79 Å². The summed E-state index contributed by atoms with van der Waals surface area (Å²) in [5.41, 5.74) is 1.69. The maximum absolute atomic E-state index is 12.1. The van der Waals surface area contributed by atoms with Crippen LogP contribution < -0.4 is 10.6 Å². The van der Waals surface area contributed by atoms with E-state index in [-0.39, 0.29) is 5.91 Å². The SMILES string of the molecule is Cn1cc(CCCNC(=O)c2ccn(C3CCCNC3)n2)cn1. The topological polar surface area (TPSA) is 76.8 Å². The number of nitrogens with zero attached hydrogens (tertiary/aromatic N) is 4. The monoisotopic (exact) mass is 316 g/mol. The number of carbonyl (C=O) groups is 1. The molecule has 2 N–H and O–H groups in total. The van der Waals surface area contributed by atoms with Crippen LogP contribution in [0.15, 0.2) is 24.7 Å². The Morgan fingerprint density at radius 2 is 2.43 bits per heavy atom. The van der Waals surface area contributed by atoms with Crippen LogP contribution in [0.5, 0.6) is 0 Å². The van der Waals surface area contributed by atoms with Gasteiger partial charge in [-0.2, -0.15) is 10.2 Å². The Kier molecular flexibility index (Phi) is 5.07. The fourth-order valence-electron chi connectivity index (χ4n) is 2.91. The van der Waals surface area contributed by atoms with E-state index in [2.05, 4.69) is 20.8 Å². The number of nitrogens with one attached hydrogen (secondary N) is 2. The maximum atomic E-state index is 12.1. The fourth-order valence-corrected chi connectivity index (χ4v) is 2.91. The lowest BCUT2D eigenvalue weighted by atomic mass is 10.1. The van der Waals surface area contributed by atoms with E-state index in [1.54, 1.807) is 10.7 Å². The Hall–Kier alpha value is -2.15. The van der Waals surface area contributed by atoms with E-state index < -0.39 is 0 Å². The first-order valence-corrected chi connectivity index (χ1v) is 8.24. The van der Waals surface area contributed by atoms with E-state index in [0.29, 0.717) is 18.3 Å². The van der Waals surface area contributed by atoms with Crippen LogP contribution >= 0.6 is 0 Å². The lowest BCUT2D eigenvalue weighted by Crippen LogP contribution is -2.32. The molecule has 0 aromatic carbocycles. The Labute approximate surface area is 136 Å². The number of hydrogen-bond donors (Lipinski definition) is 2. The molecule has 1 aliphatic heterocycles. The van der Waals surface area contributed by atoms with Gasteiger partial charge in [0.05, 0.1) is 12.2 Å². The molecule has 1 amide bonds. The van der Waals surface area contributed by atoms with Crippen molar-refractivity contribution in [3.63, 3.8) is 0 Å². The first kappa shape index (κ1) is 15.7.